The quantitative estimate of drug-likeness (QED) is 0.0581. The van der Waals surface area contributed by atoms with Gasteiger partial charge in [0.2, 0.25) is 0 Å². The van der Waals surface area contributed by atoms with Crippen molar-refractivity contribution in [3.8, 4) is 0 Å². The monoisotopic (exact) mass is 1040 g/mol. The summed E-state index contributed by atoms with van der Waals surface area (Å²) in [4.78, 5) is 1.02. The van der Waals surface area contributed by atoms with Gasteiger partial charge in [-0.3, -0.25) is 0 Å². The lowest BCUT2D eigenvalue weighted by Gasteiger charge is -2.46. The lowest BCUT2D eigenvalue weighted by molar-refractivity contribution is -0.254. The van der Waals surface area contributed by atoms with Gasteiger partial charge in [0.05, 0.1) is 65.6 Å². The Bertz CT molecular complexity index is 2780. The Morgan fingerprint density at radius 2 is 1.11 bits per heavy atom. The molecule has 14 nitrogen and oxygen atoms in total. The number of thioether (sulfide) groups is 1. The van der Waals surface area contributed by atoms with Crippen molar-refractivity contribution in [1.82, 2.24) is 15.0 Å². The first-order chi connectivity index (χ1) is 36.8. The van der Waals surface area contributed by atoms with Gasteiger partial charge in [-0.05, 0) is 59.4 Å². The van der Waals surface area contributed by atoms with Crippen molar-refractivity contribution in [2.24, 2.45) is 0 Å². The van der Waals surface area contributed by atoms with Crippen LogP contribution in [0.3, 0.4) is 0 Å². The first kappa shape index (κ1) is 52.8. The predicted molar refractivity (Wildman–Crippen MR) is 281 cm³/mol. The summed E-state index contributed by atoms with van der Waals surface area (Å²) in [5, 5.41) is 19.9. The van der Waals surface area contributed by atoms with Gasteiger partial charge in [-0.25, -0.2) is 4.68 Å². The Kier molecular flexibility index (Phi) is 18.3. The van der Waals surface area contributed by atoms with Crippen LogP contribution in [-0.2, 0) is 93.6 Å². The molecule has 0 radical (unpaired) electrons. The summed E-state index contributed by atoms with van der Waals surface area (Å²) in [6, 6.07) is 58.4. The van der Waals surface area contributed by atoms with Gasteiger partial charge < -0.3 is 52.5 Å². The summed E-state index contributed by atoms with van der Waals surface area (Å²) in [7, 11) is 0. The number of hydrogen-bond acceptors (Lipinski definition) is 14. The zero-order valence-electron chi connectivity index (χ0n) is 42.2. The van der Waals surface area contributed by atoms with Crippen LogP contribution >= 0.6 is 11.8 Å². The average Bonchev–Trinajstić information content (AvgIpc) is 4.13. The molecule has 392 valence electrons. The van der Waals surface area contributed by atoms with Crippen LogP contribution in [0.2, 0.25) is 0 Å². The molecule has 0 bridgehead atoms. The Morgan fingerprint density at radius 3 is 1.72 bits per heavy atom. The van der Waals surface area contributed by atoms with E-state index in [1.165, 1.54) is 0 Å². The van der Waals surface area contributed by atoms with Gasteiger partial charge in [0.1, 0.15) is 60.0 Å². The number of fused-ring (bicyclic) bond motifs is 1. The average molecular weight is 1040 g/mol. The van der Waals surface area contributed by atoms with E-state index >= 15 is 0 Å². The van der Waals surface area contributed by atoms with Crippen molar-refractivity contribution in [3.05, 3.63) is 221 Å². The highest BCUT2D eigenvalue weighted by molar-refractivity contribution is 7.99. The lowest BCUT2D eigenvalue weighted by atomic mass is 9.99. The molecule has 0 unspecified atom stereocenters. The molecule has 7 aromatic rings. The Morgan fingerprint density at radius 1 is 0.573 bits per heavy atom. The maximum atomic E-state index is 10.7. The maximum Gasteiger partial charge on any atom is 0.190 e. The molecular weight excluding hydrogens is 971 g/mol. The van der Waals surface area contributed by atoms with E-state index in [4.69, 9.17) is 47.4 Å². The molecule has 15 heteroatoms. The molecule has 6 aromatic carbocycles. The fraction of sp³-hybridized carbons (Fsp3) is 0.367. The van der Waals surface area contributed by atoms with Crippen LogP contribution in [0.25, 0.3) is 0 Å². The third-order valence-corrected chi connectivity index (χ3v) is 14.5. The molecule has 3 aliphatic heterocycles. The third kappa shape index (κ3) is 14.3. The van der Waals surface area contributed by atoms with Crippen LogP contribution in [-0.4, -0.2) is 99.7 Å². The van der Waals surface area contributed by atoms with E-state index in [9.17, 15) is 5.11 Å². The van der Waals surface area contributed by atoms with E-state index in [1.54, 1.807) is 16.4 Å². The van der Waals surface area contributed by atoms with E-state index < -0.39 is 66.3 Å². The molecule has 3 saturated heterocycles. The van der Waals surface area contributed by atoms with Crippen LogP contribution in [0.5, 0.6) is 0 Å². The van der Waals surface area contributed by atoms with Gasteiger partial charge in [0.25, 0.3) is 0 Å². The minimum Gasteiger partial charge on any atom is -0.394 e. The number of aliphatic hydroxyl groups is 1. The highest BCUT2D eigenvalue weighted by atomic mass is 32.2. The number of aromatic nitrogens is 3. The second-order valence-corrected chi connectivity index (χ2v) is 20.5. The van der Waals surface area contributed by atoms with Crippen molar-refractivity contribution in [3.63, 3.8) is 0 Å². The molecular formula is C60H65N3O11S. The van der Waals surface area contributed by atoms with Gasteiger partial charge in [0, 0.05) is 4.90 Å². The van der Waals surface area contributed by atoms with Crippen LogP contribution in [0, 0.1) is 0 Å². The van der Waals surface area contributed by atoms with Crippen LogP contribution < -0.4 is 0 Å². The molecule has 1 aromatic heterocycles. The maximum absolute atomic E-state index is 10.7. The highest BCUT2D eigenvalue weighted by Gasteiger charge is 2.57. The van der Waals surface area contributed by atoms with Crippen LogP contribution in [0.4, 0.5) is 0 Å². The second kappa shape index (κ2) is 25.9. The number of ether oxygens (including phenoxy) is 10. The Hall–Kier alpha value is -5.63. The van der Waals surface area contributed by atoms with Crippen molar-refractivity contribution in [1.29, 1.82) is 0 Å². The molecule has 1 N–H and O–H groups in total. The first-order valence-corrected chi connectivity index (χ1v) is 26.5. The van der Waals surface area contributed by atoms with E-state index in [1.807, 2.05) is 160 Å². The van der Waals surface area contributed by atoms with Crippen molar-refractivity contribution in [2.45, 2.75) is 131 Å². The van der Waals surface area contributed by atoms with Crippen molar-refractivity contribution < 1.29 is 52.5 Å². The normalized spacial score (nSPS) is 24.5. The molecule has 75 heavy (non-hydrogen) atoms. The highest BCUT2D eigenvalue weighted by Crippen LogP contribution is 2.41. The lowest BCUT2D eigenvalue weighted by Crippen LogP contribution is -2.60. The number of hydrogen-bond donors (Lipinski definition) is 1. The van der Waals surface area contributed by atoms with Gasteiger partial charge in [-0.15, -0.1) is 5.10 Å². The van der Waals surface area contributed by atoms with Crippen molar-refractivity contribution in [2.75, 3.05) is 13.2 Å². The molecule has 10 atom stereocenters. The minimum absolute atomic E-state index is 0.121. The molecule has 0 amide bonds. The standard InChI is InChI=1S/C60H65N3O11S/c1-60(2)73-56-55(69-38-45-26-14-6-15-27-45)53(72-58(56)74-60)50(34-64)66-39-47-29-19-18-28-46(47)32-63-33-48(61-62-63)40-70-57-54(68-37-44-24-12-5-13-25-44)52(67-36-43-22-10-4-11-23-43)51(41-65-35-42-20-8-3-9-21-42)71-59(57)75-49-30-16-7-17-31-49/h3-31,33,50-59,64H,32,34-41H2,1-2H3/t50-,51-,52-,53-,54+,55+,56-,57-,58-,59+/m1/s1. The summed E-state index contributed by atoms with van der Waals surface area (Å²) in [5.41, 5.74) is 6.11. The summed E-state index contributed by atoms with van der Waals surface area (Å²) in [6.45, 7) is 5.80. The SMILES string of the molecule is CC1(C)O[C@H]2O[C@H]([C@@H](CO)OCc3ccccc3Cn3cc(CO[C@@H]4[C@@H](OCc5ccccc5)[C@H](OCc5ccccc5)[C@@H](COCc5ccccc5)O[C@H]4Sc4ccccc4)nn3)[C@H](OCc3ccccc3)[C@H]2O1. The van der Waals surface area contributed by atoms with Gasteiger partial charge in [-0.2, -0.15) is 0 Å². The summed E-state index contributed by atoms with van der Waals surface area (Å²) in [5.74, 6) is -0.840. The minimum atomic E-state index is -0.840. The van der Waals surface area contributed by atoms with E-state index in [0.717, 1.165) is 38.3 Å². The van der Waals surface area contributed by atoms with Crippen molar-refractivity contribution >= 4 is 11.8 Å². The number of benzene rings is 6. The molecule has 3 aliphatic rings. The largest absolute Gasteiger partial charge is 0.394 e. The van der Waals surface area contributed by atoms with Gasteiger partial charge in [0.15, 0.2) is 12.1 Å². The zero-order valence-corrected chi connectivity index (χ0v) is 43.1. The Labute approximate surface area is 443 Å². The molecule has 3 fully saturated rings. The van der Waals surface area contributed by atoms with Crippen LogP contribution in [0.15, 0.2) is 187 Å². The molecule has 10 rings (SSSR count). The van der Waals surface area contributed by atoms with Gasteiger partial charge in [-0.1, -0.05) is 181 Å². The van der Waals surface area contributed by atoms with Gasteiger partial charge >= 0.3 is 0 Å². The summed E-state index contributed by atoms with van der Waals surface area (Å²) >= 11 is 1.58. The van der Waals surface area contributed by atoms with Crippen LogP contribution in [0.1, 0.15) is 52.9 Å². The molecule has 0 aliphatic carbocycles. The molecule has 4 heterocycles. The number of rotatable bonds is 25. The smallest absolute Gasteiger partial charge is 0.190 e. The fourth-order valence-corrected chi connectivity index (χ4v) is 10.8. The van der Waals surface area contributed by atoms with E-state index in [2.05, 4.69) is 46.7 Å². The summed E-state index contributed by atoms with van der Waals surface area (Å²) < 4.78 is 67.8. The van der Waals surface area contributed by atoms with E-state index in [-0.39, 0.29) is 26.4 Å². The third-order valence-electron chi connectivity index (χ3n) is 13.3. The van der Waals surface area contributed by atoms with E-state index in [0.29, 0.717) is 38.7 Å². The number of aliphatic hydroxyl groups excluding tert-OH is 1. The topological polar surface area (TPSA) is 143 Å². The Balaban J connectivity index is 0.852. The fourth-order valence-electron chi connectivity index (χ4n) is 9.61. The summed E-state index contributed by atoms with van der Waals surface area (Å²) in [6.07, 6.45) is -3.50. The second-order valence-electron chi connectivity index (χ2n) is 19.3. The molecule has 0 saturated carbocycles. The first-order valence-electron chi connectivity index (χ1n) is 25.6. The molecule has 0 spiro atoms. The predicted octanol–water partition coefficient (Wildman–Crippen LogP) is 9.46. The number of nitrogens with zero attached hydrogens (tertiary/aromatic N) is 3. The zero-order chi connectivity index (χ0) is 51.2.